The molecule has 37 heavy (non-hydrogen) atoms. The molecule has 0 spiro atoms. The van der Waals surface area contributed by atoms with Gasteiger partial charge in [0.25, 0.3) is 0 Å². The van der Waals surface area contributed by atoms with E-state index < -0.39 is 27.7 Å². The predicted molar refractivity (Wildman–Crippen MR) is 145 cm³/mol. The summed E-state index contributed by atoms with van der Waals surface area (Å²) >= 11 is 0. The topological polar surface area (TPSA) is 106 Å². The number of anilines is 1. The smallest absolute Gasteiger partial charge is 0.232 e. The number of sulfonamides is 1. The highest BCUT2D eigenvalue weighted by molar-refractivity contribution is 7.92. The van der Waals surface area contributed by atoms with Crippen LogP contribution >= 0.6 is 0 Å². The first-order valence-corrected chi connectivity index (χ1v) is 14.9. The van der Waals surface area contributed by atoms with Gasteiger partial charge in [-0.25, -0.2) is 8.42 Å². The van der Waals surface area contributed by atoms with Gasteiger partial charge in [0.1, 0.15) is 17.7 Å². The molecule has 0 aliphatic heterocycles. The molecule has 0 radical (unpaired) electrons. The summed E-state index contributed by atoms with van der Waals surface area (Å²) in [6.07, 6.45) is 5.99. The van der Waals surface area contributed by atoms with Crippen LogP contribution in [-0.4, -0.2) is 56.6 Å². The van der Waals surface area contributed by atoms with E-state index in [0.717, 1.165) is 45.0 Å². The van der Waals surface area contributed by atoms with Crippen molar-refractivity contribution in [3.63, 3.8) is 0 Å². The summed E-state index contributed by atoms with van der Waals surface area (Å²) in [5.41, 5.74) is 0.925. The zero-order valence-corrected chi connectivity index (χ0v) is 23.2. The number of rotatable bonds is 14. The van der Waals surface area contributed by atoms with Gasteiger partial charge in [0.05, 0.1) is 11.8 Å². The summed E-state index contributed by atoms with van der Waals surface area (Å²) in [4.78, 5) is 29.7. The molecule has 202 valence electrons. The number of ether oxygens (including phenoxy) is 1. The fourth-order valence-electron chi connectivity index (χ4n) is 4.50. The fraction of sp³-hybridized carbons (Fsp3) is 0.500. The first-order valence-electron chi connectivity index (χ1n) is 13.0. The lowest BCUT2D eigenvalue weighted by Gasteiger charge is -2.33. The monoisotopic (exact) mass is 530 g/mol. The number of benzene rings is 1. The number of fused-ring (bicyclic) bond motifs is 1. The Kier molecular flexibility index (Phi) is 9.87. The number of nitrogens with one attached hydrogen (secondary N) is 1. The van der Waals surface area contributed by atoms with E-state index in [0.29, 0.717) is 22.8 Å². The summed E-state index contributed by atoms with van der Waals surface area (Å²) < 4.78 is 38.4. The molecule has 0 saturated heterocycles. The maximum Gasteiger partial charge on any atom is 0.232 e. The number of unbranched alkanes of at least 4 members (excludes halogenated alkanes) is 2. The number of Topliss-reactive ketones (excluding diaryl/α,β-unsaturated/α-hetero) is 2. The Labute approximate surface area is 219 Å². The predicted octanol–water partition coefficient (Wildman–Crippen LogP) is 3.38. The van der Waals surface area contributed by atoms with Crippen LogP contribution in [0.2, 0.25) is 0 Å². The lowest BCUT2D eigenvalue weighted by molar-refractivity contribution is -0.133. The van der Waals surface area contributed by atoms with Crippen LogP contribution in [0.4, 0.5) is 5.88 Å². The van der Waals surface area contributed by atoms with Crippen LogP contribution in [-0.2, 0) is 19.6 Å². The highest BCUT2D eigenvalue weighted by atomic mass is 32.2. The molecule has 1 aromatic heterocycles. The molecular weight excluding hydrogens is 492 g/mol. The average Bonchev–Trinajstić information content (AvgIpc) is 3.16. The maximum atomic E-state index is 13.8. The summed E-state index contributed by atoms with van der Waals surface area (Å²) in [7, 11) is -3.64. The molecule has 0 amide bonds. The van der Waals surface area contributed by atoms with Crippen molar-refractivity contribution in [2.45, 2.75) is 72.1 Å². The third-order valence-electron chi connectivity index (χ3n) is 6.43. The van der Waals surface area contributed by atoms with E-state index in [1.807, 2.05) is 6.92 Å². The molecule has 8 nitrogen and oxygen atoms in total. The van der Waals surface area contributed by atoms with Gasteiger partial charge in [-0.3, -0.25) is 19.2 Å². The van der Waals surface area contributed by atoms with Crippen LogP contribution in [0.25, 0.3) is 11.6 Å². The molecule has 0 fully saturated rings. The summed E-state index contributed by atoms with van der Waals surface area (Å²) in [5, 5.41) is 0.298. The maximum absolute atomic E-state index is 13.8. The van der Waals surface area contributed by atoms with Crippen molar-refractivity contribution in [2.24, 2.45) is 0 Å². The molecule has 2 aromatic rings. The second-order valence-electron chi connectivity index (χ2n) is 9.43. The van der Waals surface area contributed by atoms with Crippen LogP contribution in [0.3, 0.4) is 0 Å². The number of nitrogens with zero attached hydrogens (tertiary/aromatic N) is 1. The Balaban J connectivity index is 2.10. The SMILES string of the molecule is CCCCN(CCCC)C(CC)OC1C=c2oc(NS(C)(=O)=O)c(C)c2=C(C(=O)c2ccccc2)C1=O. The van der Waals surface area contributed by atoms with E-state index in [4.69, 9.17) is 9.15 Å². The Bertz CT molecular complexity index is 1320. The van der Waals surface area contributed by atoms with Crippen LogP contribution in [0.15, 0.2) is 34.7 Å². The number of carbonyl (C=O) groups excluding carboxylic acids is 2. The minimum absolute atomic E-state index is 0.0184. The van der Waals surface area contributed by atoms with Gasteiger partial charge in [-0.2, -0.15) is 0 Å². The van der Waals surface area contributed by atoms with Gasteiger partial charge in [0, 0.05) is 29.4 Å². The third-order valence-corrected chi connectivity index (χ3v) is 6.99. The van der Waals surface area contributed by atoms with E-state index in [2.05, 4.69) is 23.5 Å². The molecule has 1 aliphatic rings. The first-order chi connectivity index (χ1) is 17.6. The van der Waals surface area contributed by atoms with Gasteiger partial charge in [-0.15, -0.1) is 0 Å². The summed E-state index contributed by atoms with van der Waals surface area (Å²) in [6, 6.07) is 8.54. The number of ketones is 2. The molecule has 9 heteroatoms. The Morgan fingerprint density at radius 1 is 1.11 bits per heavy atom. The zero-order valence-electron chi connectivity index (χ0n) is 22.4. The van der Waals surface area contributed by atoms with Crippen LogP contribution in [0.5, 0.6) is 0 Å². The lowest BCUT2D eigenvalue weighted by Crippen LogP contribution is -2.47. The van der Waals surface area contributed by atoms with Crippen LogP contribution in [0, 0.1) is 6.92 Å². The Hall–Kier alpha value is -2.75. The normalized spacial score (nSPS) is 16.4. The van der Waals surface area contributed by atoms with Crippen molar-refractivity contribution in [3.05, 3.63) is 52.1 Å². The van der Waals surface area contributed by atoms with Crippen molar-refractivity contribution >= 4 is 39.1 Å². The zero-order chi connectivity index (χ0) is 27.2. The van der Waals surface area contributed by atoms with Crippen molar-refractivity contribution < 1.29 is 27.2 Å². The van der Waals surface area contributed by atoms with E-state index >= 15 is 0 Å². The molecule has 1 aromatic carbocycles. The number of furan rings is 1. The van der Waals surface area contributed by atoms with Gasteiger partial charge >= 0.3 is 0 Å². The number of carbonyl (C=O) groups is 2. The third kappa shape index (κ3) is 6.97. The minimum Gasteiger partial charge on any atom is -0.440 e. The second-order valence-corrected chi connectivity index (χ2v) is 11.2. The number of hydrogen-bond donors (Lipinski definition) is 1. The number of hydrogen-bond acceptors (Lipinski definition) is 7. The molecule has 1 N–H and O–H groups in total. The van der Waals surface area contributed by atoms with Gasteiger partial charge < -0.3 is 9.15 Å². The van der Waals surface area contributed by atoms with Gasteiger partial charge in [-0.1, -0.05) is 63.9 Å². The van der Waals surface area contributed by atoms with Gasteiger partial charge in [0.2, 0.25) is 15.9 Å². The molecular formula is C28H38N2O6S. The molecule has 0 bridgehead atoms. The lowest BCUT2D eigenvalue weighted by atomic mass is 9.91. The molecule has 2 unspecified atom stereocenters. The van der Waals surface area contributed by atoms with Crippen molar-refractivity contribution in [3.8, 4) is 0 Å². The quantitative estimate of drug-likeness (QED) is 0.295. The van der Waals surface area contributed by atoms with Gasteiger partial charge in [-0.05, 0) is 32.3 Å². The largest absolute Gasteiger partial charge is 0.440 e. The first kappa shape index (κ1) is 28.8. The molecule has 1 aliphatic carbocycles. The van der Waals surface area contributed by atoms with Crippen molar-refractivity contribution in [1.29, 1.82) is 0 Å². The Morgan fingerprint density at radius 3 is 2.27 bits per heavy atom. The van der Waals surface area contributed by atoms with Gasteiger partial charge in [0.15, 0.2) is 11.6 Å². The molecule has 0 saturated carbocycles. The minimum atomic E-state index is -3.64. The Morgan fingerprint density at radius 2 is 1.73 bits per heavy atom. The van der Waals surface area contributed by atoms with Crippen LogP contribution < -0.4 is 15.4 Å². The van der Waals surface area contributed by atoms with Crippen molar-refractivity contribution in [1.82, 2.24) is 4.90 Å². The van der Waals surface area contributed by atoms with E-state index in [9.17, 15) is 18.0 Å². The fourth-order valence-corrected chi connectivity index (χ4v) is 5.03. The second kappa shape index (κ2) is 12.7. The highest BCUT2D eigenvalue weighted by Gasteiger charge is 2.35. The van der Waals surface area contributed by atoms with Crippen LogP contribution in [0.1, 0.15) is 68.8 Å². The van der Waals surface area contributed by atoms with E-state index in [1.165, 1.54) is 0 Å². The van der Waals surface area contributed by atoms with E-state index in [-0.39, 0.29) is 23.1 Å². The highest BCUT2D eigenvalue weighted by Crippen LogP contribution is 2.22. The molecule has 3 rings (SSSR count). The summed E-state index contributed by atoms with van der Waals surface area (Å²) in [6.45, 7) is 9.61. The standard InChI is InChI=1S/C28H38N2O6S/c1-6-9-16-30(17-10-7-2)23(8-3)35-22-18-21-24(19(4)28(36-21)29-37(5,33)34)25(27(22)32)26(31)20-14-12-11-13-15-20/h11-15,18,22-23,29H,6-10,16-17H2,1-5H3. The average molecular weight is 531 g/mol. The molecule has 2 atom stereocenters. The molecule has 1 heterocycles. The van der Waals surface area contributed by atoms with Crippen molar-refractivity contribution in [2.75, 3.05) is 24.1 Å². The summed E-state index contributed by atoms with van der Waals surface area (Å²) in [5.74, 6) is -0.930. The van der Waals surface area contributed by atoms with E-state index in [1.54, 1.807) is 43.3 Å².